The average molecular weight is 254 g/mol. The molecule has 3 aromatic rings. The van der Waals surface area contributed by atoms with E-state index < -0.39 is 0 Å². The first kappa shape index (κ1) is 11.6. The Morgan fingerprint density at radius 3 is 2.74 bits per heavy atom. The average Bonchev–Trinajstić information content (AvgIpc) is 2.46. The molecular weight excluding hydrogens is 243 g/mol. The summed E-state index contributed by atoms with van der Waals surface area (Å²) < 4.78 is 19.3. The molecule has 4 heteroatoms. The van der Waals surface area contributed by atoms with Crippen LogP contribution in [-0.2, 0) is 0 Å². The fourth-order valence-electron chi connectivity index (χ4n) is 2.11. The molecule has 2 heterocycles. The van der Waals surface area contributed by atoms with Crippen LogP contribution in [0.15, 0.2) is 48.8 Å². The zero-order valence-electron chi connectivity index (χ0n) is 10.3. The summed E-state index contributed by atoms with van der Waals surface area (Å²) in [5.41, 5.74) is 1.68. The van der Waals surface area contributed by atoms with E-state index in [9.17, 15) is 4.39 Å². The van der Waals surface area contributed by atoms with Crippen LogP contribution in [0.25, 0.3) is 22.2 Å². The Morgan fingerprint density at radius 2 is 1.89 bits per heavy atom. The molecule has 0 spiro atoms. The zero-order valence-corrected chi connectivity index (χ0v) is 10.3. The summed E-state index contributed by atoms with van der Waals surface area (Å²) in [6.07, 6.45) is 3.32. The summed E-state index contributed by atoms with van der Waals surface area (Å²) in [6.45, 7) is 0. The number of hydrogen-bond donors (Lipinski definition) is 0. The predicted molar refractivity (Wildman–Crippen MR) is 71.5 cm³/mol. The maximum Gasteiger partial charge on any atom is 0.136 e. The van der Waals surface area contributed by atoms with E-state index in [1.54, 1.807) is 36.7 Å². The lowest BCUT2D eigenvalue weighted by Crippen LogP contribution is -1.95. The fraction of sp³-hybridized carbons (Fsp3) is 0.0667. The van der Waals surface area contributed by atoms with E-state index in [1.807, 2.05) is 6.07 Å². The van der Waals surface area contributed by atoms with E-state index in [1.165, 1.54) is 13.2 Å². The van der Waals surface area contributed by atoms with Crippen molar-refractivity contribution in [3.05, 3.63) is 54.6 Å². The quantitative estimate of drug-likeness (QED) is 0.702. The monoisotopic (exact) mass is 254 g/mol. The third-order valence-corrected chi connectivity index (χ3v) is 2.96. The lowest BCUT2D eigenvalue weighted by Gasteiger charge is -2.10. The van der Waals surface area contributed by atoms with Crippen molar-refractivity contribution in [1.29, 1.82) is 0 Å². The molecule has 0 amide bonds. The summed E-state index contributed by atoms with van der Waals surface area (Å²) >= 11 is 0. The van der Waals surface area contributed by atoms with Crippen LogP contribution in [-0.4, -0.2) is 17.1 Å². The molecular formula is C15H11FN2O. The van der Waals surface area contributed by atoms with Gasteiger partial charge in [-0.2, -0.15) is 0 Å². The molecule has 0 bridgehead atoms. The van der Waals surface area contributed by atoms with Crippen LogP contribution >= 0.6 is 0 Å². The number of rotatable bonds is 2. The number of halogens is 1. The van der Waals surface area contributed by atoms with E-state index in [0.717, 1.165) is 10.9 Å². The van der Waals surface area contributed by atoms with Crippen LogP contribution in [0.3, 0.4) is 0 Å². The van der Waals surface area contributed by atoms with Crippen LogP contribution in [0.5, 0.6) is 5.75 Å². The Kier molecular flexibility index (Phi) is 2.83. The molecule has 0 fully saturated rings. The molecule has 3 nitrogen and oxygen atoms in total. The smallest absolute Gasteiger partial charge is 0.136 e. The first-order valence-corrected chi connectivity index (χ1v) is 5.84. The van der Waals surface area contributed by atoms with Crippen molar-refractivity contribution >= 4 is 10.9 Å². The molecule has 0 aliphatic carbocycles. The predicted octanol–water partition coefficient (Wildman–Crippen LogP) is 3.44. The molecule has 94 valence electrons. The van der Waals surface area contributed by atoms with Gasteiger partial charge in [-0.3, -0.25) is 9.97 Å². The van der Waals surface area contributed by atoms with Gasteiger partial charge in [0.2, 0.25) is 0 Å². The van der Waals surface area contributed by atoms with E-state index >= 15 is 0 Å². The highest BCUT2D eigenvalue weighted by Crippen LogP contribution is 2.34. The number of nitrogens with zero attached hydrogens (tertiary/aromatic N) is 2. The van der Waals surface area contributed by atoms with Gasteiger partial charge in [0.25, 0.3) is 0 Å². The fourth-order valence-corrected chi connectivity index (χ4v) is 2.11. The number of hydrogen-bond acceptors (Lipinski definition) is 3. The summed E-state index contributed by atoms with van der Waals surface area (Å²) in [5.74, 6) is 0.104. The van der Waals surface area contributed by atoms with Crippen molar-refractivity contribution in [2.24, 2.45) is 0 Å². The Morgan fingerprint density at radius 1 is 1.00 bits per heavy atom. The third kappa shape index (κ3) is 1.91. The van der Waals surface area contributed by atoms with Crippen LogP contribution in [0.1, 0.15) is 0 Å². The Hall–Kier alpha value is -2.49. The summed E-state index contributed by atoms with van der Waals surface area (Å²) in [6, 6.07) is 10.2. The van der Waals surface area contributed by atoms with Gasteiger partial charge in [-0.25, -0.2) is 4.39 Å². The standard InChI is InChI=1S/C15H11FN2O/c1-19-13-6-2-5-11(16)14(13)15-10-4-3-8-17-12(10)7-9-18-15/h2-9H,1H3. The molecule has 19 heavy (non-hydrogen) atoms. The zero-order chi connectivity index (χ0) is 13.2. The van der Waals surface area contributed by atoms with Crippen LogP contribution in [0, 0.1) is 5.82 Å². The molecule has 2 aromatic heterocycles. The minimum Gasteiger partial charge on any atom is -0.496 e. The highest BCUT2D eigenvalue weighted by molar-refractivity contribution is 5.93. The van der Waals surface area contributed by atoms with E-state index in [0.29, 0.717) is 17.0 Å². The number of fused-ring (bicyclic) bond motifs is 1. The van der Waals surface area contributed by atoms with Crippen molar-refractivity contribution in [1.82, 2.24) is 9.97 Å². The van der Waals surface area contributed by atoms with Gasteiger partial charge in [-0.05, 0) is 30.3 Å². The number of aromatic nitrogens is 2. The summed E-state index contributed by atoms with van der Waals surface area (Å²) in [5, 5.41) is 0.799. The highest BCUT2D eigenvalue weighted by atomic mass is 19.1. The van der Waals surface area contributed by atoms with Crippen LogP contribution in [0.2, 0.25) is 0 Å². The van der Waals surface area contributed by atoms with Crippen molar-refractivity contribution in [2.45, 2.75) is 0 Å². The molecule has 0 aliphatic rings. The molecule has 3 rings (SSSR count). The molecule has 0 unspecified atom stereocenters. The SMILES string of the molecule is COc1cccc(F)c1-c1nccc2ncccc12. The Bertz CT molecular complexity index is 738. The van der Waals surface area contributed by atoms with Crippen molar-refractivity contribution in [3.63, 3.8) is 0 Å². The second kappa shape index (κ2) is 4.65. The molecule has 0 saturated heterocycles. The third-order valence-electron chi connectivity index (χ3n) is 2.96. The van der Waals surface area contributed by atoms with Crippen molar-refractivity contribution in [3.8, 4) is 17.0 Å². The van der Waals surface area contributed by atoms with Gasteiger partial charge >= 0.3 is 0 Å². The lowest BCUT2D eigenvalue weighted by atomic mass is 10.1. The van der Waals surface area contributed by atoms with Crippen LogP contribution in [0.4, 0.5) is 4.39 Å². The largest absolute Gasteiger partial charge is 0.496 e. The maximum atomic E-state index is 14.1. The number of ether oxygens (including phenoxy) is 1. The van der Waals surface area contributed by atoms with Crippen molar-refractivity contribution in [2.75, 3.05) is 7.11 Å². The highest BCUT2D eigenvalue weighted by Gasteiger charge is 2.15. The second-order valence-corrected chi connectivity index (χ2v) is 4.05. The first-order chi connectivity index (χ1) is 9.31. The van der Waals surface area contributed by atoms with Gasteiger partial charge in [0.1, 0.15) is 11.6 Å². The number of methoxy groups -OCH3 is 1. The van der Waals surface area contributed by atoms with E-state index in [2.05, 4.69) is 9.97 Å². The van der Waals surface area contributed by atoms with Gasteiger partial charge < -0.3 is 4.74 Å². The normalized spacial score (nSPS) is 10.6. The molecule has 0 saturated carbocycles. The van der Waals surface area contributed by atoms with E-state index in [-0.39, 0.29) is 5.82 Å². The summed E-state index contributed by atoms with van der Waals surface area (Å²) in [7, 11) is 1.52. The molecule has 0 atom stereocenters. The summed E-state index contributed by atoms with van der Waals surface area (Å²) in [4.78, 5) is 8.54. The number of pyridine rings is 2. The van der Waals surface area contributed by atoms with Gasteiger partial charge in [0, 0.05) is 17.8 Å². The minimum absolute atomic E-state index is 0.358. The minimum atomic E-state index is -0.358. The molecule has 0 radical (unpaired) electrons. The Balaban J connectivity index is 2.37. The van der Waals surface area contributed by atoms with Gasteiger partial charge in [-0.15, -0.1) is 0 Å². The Labute approximate surface area is 109 Å². The van der Waals surface area contributed by atoms with E-state index in [4.69, 9.17) is 4.74 Å². The molecule has 0 N–H and O–H groups in total. The molecule has 0 aliphatic heterocycles. The van der Waals surface area contributed by atoms with Crippen molar-refractivity contribution < 1.29 is 9.13 Å². The first-order valence-electron chi connectivity index (χ1n) is 5.84. The van der Waals surface area contributed by atoms with Gasteiger partial charge in [0.05, 0.1) is 23.9 Å². The molecule has 1 aromatic carbocycles. The second-order valence-electron chi connectivity index (χ2n) is 4.05. The number of benzene rings is 1. The topological polar surface area (TPSA) is 35.0 Å². The lowest BCUT2D eigenvalue weighted by molar-refractivity contribution is 0.413. The maximum absolute atomic E-state index is 14.1. The van der Waals surface area contributed by atoms with Gasteiger partial charge in [-0.1, -0.05) is 6.07 Å². The van der Waals surface area contributed by atoms with Gasteiger partial charge in [0.15, 0.2) is 0 Å². The van der Waals surface area contributed by atoms with Crippen LogP contribution < -0.4 is 4.74 Å².